The van der Waals surface area contributed by atoms with Gasteiger partial charge in [0.2, 0.25) is 0 Å². The van der Waals surface area contributed by atoms with E-state index in [2.05, 4.69) is 0 Å². The number of nitrogens with two attached hydrogens (primary N) is 1. The maximum absolute atomic E-state index is 12.4. The van der Waals surface area contributed by atoms with E-state index in [-0.39, 0.29) is 12.6 Å². The Hall–Kier alpha value is -1.53. The quantitative estimate of drug-likeness (QED) is 0.927. The molecule has 0 fully saturated rings. The van der Waals surface area contributed by atoms with Crippen LogP contribution in [-0.4, -0.2) is 6.61 Å². The van der Waals surface area contributed by atoms with Gasteiger partial charge in [-0.05, 0) is 35.7 Å². The highest BCUT2D eigenvalue weighted by atomic mass is 32.1. The molecule has 6 heteroatoms. The van der Waals surface area contributed by atoms with Crippen molar-refractivity contribution in [2.24, 2.45) is 5.73 Å². The molecule has 1 atom stereocenters. The van der Waals surface area contributed by atoms with Gasteiger partial charge in [0.15, 0.2) is 0 Å². The van der Waals surface area contributed by atoms with Crippen LogP contribution in [0.15, 0.2) is 41.8 Å². The number of thiophene rings is 1. The number of ether oxygens (including phenoxy) is 1. The van der Waals surface area contributed by atoms with Gasteiger partial charge in [-0.15, -0.1) is 11.3 Å². The van der Waals surface area contributed by atoms with Crippen LogP contribution in [-0.2, 0) is 6.18 Å². The topological polar surface area (TPSA) is 35.2 Å². The Morgan fingerprint density at radius 3 is 2.37 bits per heavy atom. The minimum absolute atomic E-state index is 0.228. The average Bonchev–Trinajstić information content (AvgIpc) is 2.89. The van der Waals surface area contributed by atoms with Crippen molar-refractivity contribution in [3.8, 4) is 5.75 Å². The number of halogens is 3. The van der Waals surface area contributed by atoms with E-state index in [4.69, 9.17) is 10.5 Å². The zero-order chi connectivity index (χ0) is 13.9. The summed E-state index contributed by atoms with van der Waals surface area (Å²) < 4.78 is 42.5. The molecule has 2 N–H and O–H groups in total. The van der Waals surface area contributed by atoms with Crippen molar-refractivity contribution in [3.63, 3.8) is 0 Å². The predicted molar refractivity (Wildman–Crippen MR) is 68.2 cm³/mol. The summed E-state index contributed by atoms with van der Waals surface area (Å²) in [6.45, 7) is 0.228. The molecule has 0 saturated heterocycles. The summed E-state index contributed by atoms with van der Waals surface area (Å²) in [4.78, 5) is 0.979. The molecule has 0 saturated carbocycles. The Kier molecular flexibility index (Phi) is 4.11. The molecule has 1 heterocycles. The lowest BCUT2D eigenvalue weighted by atomic mass is 10.2. The van der Waals surface area contributed by atoms with Crippen molar-refractivity contribution >= 4 is 11.3 Å². The largest absolute Gasteiger partial charge is 0.492 e. The van der Waals surface area contributed by atoms with E-state index in [9.17, 15) is 13.2 Å². The van der Waals surface area contributed by atoms with Crippen molar-refractivity contribution in [1.82, 2.24) is 0 Å². The first-order chi connectivity index (χ1) is 8.97. The maximum Gasteiger partial charge on any atom is 0.416 e. The summed E-state index contributed by atoms with van der Waals surface area (Å²) in [6.07, 6.45) is -4.33. The van der Waals surface area contributed by atoms with Gasteiger partial charge < -0.3 is 10.5 Å². The molecule has 2 nitrogen and oxygen atoms in total. The van der Waals surface area contributed by atoms with E-state index in [0.29, 0.717) is 5.75 Å². The van der Waals surface area contributed by atoms with E-state index in [1.807, 2.05) is 17.5 Å². The van der Waals surface area contributed by atoms with Gasteiger partial charge in [0.05, 0.1) is 11.6 Å². The second-order valence-corrected chi connectivity index (χ2v) is 4.93. The van der Waals surface area contributed by atoms with Gasteiger partial charge in [-0.1, -0.05) is 6.07 Å². The van der Waals surface area contributed by atoms with Crippen molar-refractivity contribution in [2.45, 2.75) is 12.2 Å². The normalized spacial score (nSPS) is 13.3. The Labute approximate surface area is 112 Å². The van der Waals surface area contributed by atoms with Crippen LogP contribution < -0.4 is 10.5 Å². The molecule has 19 heavy (non-hydrogen) atoms. The van der Waals surface area contributed by atoms with Crippen LogP contribution in [0.25, 0.3) is 0 Å². The van der Waals surface area contributed by atoms with Crippen LogP contribution in [0.5, 0.6) is 5.75 Å². The van der Waals surface area contributed by atoms with Crippen LogP contribution in [0.4, 0.5) is 13.2 Å². The summed E-state index contributed by atoms with van der Waals surface area (Å²) in [6, 6.07) is 8.08. The van der Waals surface area contributed by atoms with Crippen molar-refractivity contribution in [3.05, 3.63) is 52.2 Å². The Morgan fingerprint density at radius 1 is 1.16 bits per heavy atom. The Bertz CT molecular complexity index is 508. The van der Waals surface area contributed by atoms with Gasteiger partial charge in [-0.25, -0.2) is 0 Å². The fourth-order valence-corrected chi connectivity index (χ4v) is 2.22. The van der Waals surface area contributed by atoms with Gasteiger partial charge in [-0.3, -0.25) is 0 Å². The summed E-state index contributed by atoms with van der Waals surface area (Å²) in [5, 5.41) is 1.91. The van der Waals surface area contributed by atoms with Crippen LogP contribution in [0.1, 0.15) is 16.5 Å². The number of alkyl halides is 3. The molecule has 1 aromatic heterocycles. The number of hydrogen-bond donors (Lipinski definition) is 1. The summed E-state index contributed by atoms with van der Waals surface area (Å²) in [5.74, 6) is 0.375. The highest BCUT2D eigenvalue weighted by Gasteiger charge is 2.30. The minimum atomic E-state index is -4.33. The van der Waals surface area contributed by atoms with Gasteiger partial charge in [0, 0.05) is 4.88 Å². The second kappa shape index (κ2) is 5.63. The van der Waals surface area contributed by atoms with Crippen LogP contribution in [0.3, 0.4) is 0 Å². The summed E-state index contributed by atoms with van der Waals surface area (Å²) in [5.41, 5.74) is 5.20. The lowest BCUT2D eigenvalue weighted by Gasteiger charge is -2.12. The first-order valence-electron chi connectivity index (χ1n) is 5.56. The van der Waals surface area contributed by atoms with Gasteiger partial charge in [-0.2, -0.15) is 13.2 Å². The monoisotopic (exact) mass is 287 g/mol. The fourth-order valence-electron chi connectivity index (χ4n) is 1.51. The number of hydrogen-bond acceptors (Lipinski definition) is 3. The average molecular weight is 287 g/mol. The SMILES string of the molecule is NC(COc1ccc(C(F)(F)F)cc1)c1cccs1. The van der Waals surface area contributed by atoms with Gasteiger partial charge in [0.1, 0.15) is 12.4 Å². The minimum Gasteiger partial charge on any atom is -0.492 e. The van der Waals surface area contributed by atoms with Crippen LogP contribution in [0.2, 0.25) is 0 Å². The molecule has 0 aliphatic rings. The van der Waals surface area contributed by atoms with E-state index in [1.54, 1.807) is 0 Å². The fraction of sp³-hybridized carbons (Fsp3) is 0.231. The van der Waals surface area contributed by atoms with Gasteiger partial charge in [0.25, 0.3) is 0 Å². The highest BCUT2D eigenvalue weighted by molar-refractivity contribution is 7.10. The molecule has 0 spiro atoms. The Morgan fingerprint density at radius 2 is 1.84 bits per heavy atom. The molecular formula is C13H12F3NOS. The molecule has 0 amide bonds. The van der Waals surface area contributed by atoms with E-state index in [1.165, 1.54) is 23.5 Å². The highest BCUT2D eigenvalue weighted by Crippen LogP contribution is 2.30. The van der Waals surface area contributed by atoms with Gasteiger partial charge >= 0.3 is 6.18 Å². The molecule has 102 valence electrons. The first-order valence-corrected chi connectivity index (χ1v) is 6.44. The number of rotatable bonds is 4. The molecule has 0 aliphatic heterocycles. The Balaban J connectivity index is 1.93. The van der Waals surface area contributed by atoms with Crippen molar-refractivity contribution in [1.29, 1.82) is 0 Å². The van der Waals surface area contributed by atoms with Crippen LogP contribution in [0, 0.1) is 0 Å². The third-order valence-corrected chi connectivity index (χ3v) is 3.52. The van der Waals surface area contributed by atoms with E-state index < -0.39 is 11.7 Å². The smallest absolute Gasteiger partial charge is 0.416 e. The van der Waals surface area contributed by atoms with Crippen molar-refractivity contribution < 1.29 is 17.9 Å². The molecule has 0 radical (unpaired) electrons. The lowest BCUT2D eigenvalue weighted by Crippen LogP contribution is -2.17. The molecule has 2 rings (SSSR count). The molecule has 1 aromatic carbocycles. The second-order valence-electron chi connectivity index (χ2n) is 3.96. The molecule has 1 unspecified atom stereocenters. The molecule has 0 aliphatic carbocycles. The molecular weight excluding hydrogens is 275 g/mol. The third kappa shape index (κ3) is 3.71. The number of benzene rings is 1. The lowest BCUT2D eigenvalue weighted by molar-refractivity contribution is -0.137. The standard InChI is InChI=1S/C13H12F3NOS/c14-13(15,16)9-3-5-10(6-4-9)18-8-11(17)12-2-1-7-19-12/h1-7,11H,8,17H2. The van der Waals surface area contributed by atoms with Crippen molar-refractivity contribution in [2.75, 3.05) is 6.61 Å². The zero-order valence-corrected chi connectivity index (χ0v) is 10.7. The van der Waals surface area contributed by atoms with Crippen LogP contribution >= 0.6 is 11.3 Å². The summed E-state index contributed by atoms with van der Waals surface area (Å²) >= 11 is 1.52. The third-order valence-electron chi connectivity index (χ3n) is 2.52. The molecule has 2 aromatic rings. The van der Waals surface area contributed by atoms with E-state index >= 15 is 0 Å². The summed E-state index contributed by atoms with van der Waals surface area (Å²) in [7, 11) is 0. The predicted octanol–water partition coefficient (Wildman–Crippen LogP) is 3.85. The van der Waals surface area contributed by atoms with E-state index in [0.717, 1.165) is 17.0 Å². The maximum atomic E-state index is 12.4. The first kappa shape index (κ1) is 13.9. The molecule has 0 bridgehead atoms. The zero-order valence-electron chi connectivity index (χ0n) is 9.85.